The van der Waals surface area contributed by atoms with Gasteiger partial charge in [-0.25, -0.2) is 0 Å². The Kier molecular flexibility index (Phi) is 30.2. The van der Waals surface area contributed by atoms with Crippen LogP contribution in [0, 0.1) is 88.8 Å². The molecule has 10 heterocycles. The van der Waals surface area contributed by atoms with Crippen LogP contribution in [0.2, 0.25) is 0 Å². The standard InChI is InChI=1S/C21H20N.C19H17N2.C18H15N2.C18H14N.4C12H10N.4Ir/c1-16(2)13-17-7-6-10-19(14-17)20-11-12-21(22-15-20)18-8-4-3-5-9-18;1-14(2)17-9-6-10-19(21-17)16-11-12-18(20-13-16)15-7-4-3-5-8-15;1-2-16-9-6-10-18(20-16)15-11-12-17(19-13-15)14-7-4-3-5-8-14;1-14-6-5-9-16(12-14)17-10-11-18(19-13-17)15-7-3-2-4-8-15;4*1-10-7-8-12(13-9-10)11-5-3-2-4-6-11;;;;/h3-8,10-12,14-16H,13H2,1-2H3;3-7,9-14H,1-2H3;3-7,9-13H,2H2,1H3;2-7,9-13H,1H3;4*2-5,7-9H,1H3;;;;/q8*-1;;;;/i1D3,13D2,16D;1D3,2D3,14D;1D3,2D2;;4*1D3;;;;. The molecule has 138 heavy (non-hydrogen) atoms. The van der Waals surface area contributed by atoms with E-state index in [4.69, 9.17) is 41.1 Å². The van der Waals surface area contributed by atoms with E-state index in [1.165, 1.54) is 60.2 Å². The van der Waals surface area contributed by atoms with Crippen molar-refractivity contribution in [2.24, 2.45) is 5.89 Å². The second-order valence-electron chi connectivity index (χ2n) is 29.2. The maximum Gasteiger partial charge on any atom is 0.0720 e. The molecule has 1 unspecified atom stereocenters. The van der Waals surface area contributed by atoms with E-state index in [9.17, 15) is 0 Å². The van der Waals surface area contributed by atoms with E-state index in [0.717, 1.165) is 102 Å². The van der Waals surface area contributed by atoms with E-state index in [1.807, 2.05) is 206 Å². The molecule has 1 atom stereocenters. The summed E-state index contributed by atoms with van der Waals surface area (Å²) in [5, 5.41) is 0. The van der Waals surface area contributed by atoms with E-state index in [1.54, 1.807) is 140 Å². The minimum absolute atomic E-state index is 0. The number of nitrogens with zero attached hydrogens (tertiary/aromatic N) is 10. The van der Waals surface area contributed by atoms with Gasteiger partial charge in [0.2, 0.25) is 0 Å². The number of hydrogen-bond donors (Lipinski definition) is 0. The summed E-state index contributed by atoms with van der Waals surface area (Å²) in [4.78, 5) is 42.6. The van der Waals surface area contributed by atoms with Gasteiger partial charge >= 0.3 is 0 Å². The predicted molar refractivity (Wildman–Crippen MR) is 551 cm³/mol. The van der Waals surface area contributed by atoms with Gasteiger partial charge in [-0.2, -0.15) is 0 Å². The smallest absolute Gasteiger partial charge is 0.0720 e. The van der Waals surface area contributed by atoms with Gasteiger partial charge in [0.05, 0.1) is 11.4 Å². The Hall–Kier alpha value is -13.7. The number of aryl methyl sites for hydroxylation is 6. The van der Waals surface area contributed by atoms with Crippen LogP contribution in [0.3, 0.4) is 0 Å². The molecule has 0 aliphatic heterocycles. The average molecular weight is 2540 g/mol. The average Bonchev–Trinajstić information content (AvgIpc) is 0.739. The van der Waals surface area contributed by atoms with Crippen LogP contribution >= 0.6 is 0 Å². The Morgan fingerprint density at radius 1 is 0.261 bits per heavy atom. The molecule has 0 aliphatic rings. The molecule has 696 valence electrons. The molecule has 0 amide bonds. The summed E-state index contributed by atoms with van der Waals surface area (Å²) in [6.45, 7) is -16.9. The zero-order valence-corrected chi connectivity index (χ0v) is 83.8. The Morgan fingerprint density at radius 3 is 0.833 bits per heavy atom. The first-order chi connectivity index (χ1) is 77.5. The minimum Gasteiger partial charge on any atom is -0.304 e. The van der Waals surface area contributed by atoms with Gasteiger partial charge in [0.25, 0.3) is 0 Å². The van der Waals surface area contributed by atoms with Crippen LogP contribution in [0.1, 0.15) is 126 Å². The van der Waals surface area contributed by atoms with Crippen molar-refractivity contribution in [3.05, 3.63) is 519 Å². The van der Waals surface area contributed by atoms with Gasteiger partial charge in [-0.05, 0) is 179 Å². The van der Waals surface area contributed by atoms with E-state index in [-0.39, 0.29) is 120 Å². The van der Waals surface area contributed by atoms with Crippen LogP contribution < -0.4 is 0 Å². The number of rotatable bonds is 16. The molecule has 20 aromatic rings. The summed E-state index contributed by atoms with van der Waals surface area (Å²) in [7, 11) is 0. The summed E-state index contributed by atoms with van der Waals surface area (Å²) in [6.07, 6.45) is 7.50. The fourth-order valence-corrected chi connectivity index (χ4v) is 12.7. The molecule has 0 bridgehead atoms. The van der Waals surface area contributed by atoms with Crippen molar-refractivity contribution in [3.8, 4) is 135 Å². The van der Waals surface area contributed by atoms with Crippen molar-refractivity contribution < 1.29 is 122 Å². The molecule has 0 aliphatic carbocycles. The zero-order valence-electron chi connectivity index (χ0n) is 104. The molecule has 10 aromatic heterocycles. The third kappa shape index (κ3) is 34.5. The molecule has 14 heteroatoms. The second kappa shape index (κ2) is 58.0. The zero-order chi connectivity index (χ0) is 119. The van der Waals surface area contributed by atoms with Crippen molar-refractivity contribution in [2.75, 3.05) is 0 Å². The van der Waals surface area contributed by atoms with Crippen LogP contribution in [-0.4, -0.2) is 49.8 Å². The largest absolute Gasteiger partial charge is 0.304 e. The van der Waals surface area contributed by atoms with Crippen LogP contribution in [0.15, 0.2) is 426 Å². The third-order valence-corrected chi connectivity index (χ3v) is 19.3. The summed E-state index contributed by atoms with van der Waals surface area (Å²) >= 11 is 0. The minimum atomic E-state index is -3.07. The Balaban J connectivity index is 0.000000212. The van der Waals surface area contributed by atoms with Crippen molar-refractivity contribution in [3.63, 3.8) is 0 Å². The number of aromatic nitrogens is 10. The molecule has 20 rings (SSSR count). The van der Waals surface area contributed by atoms with Gasteiger partial charge < -0.3 is 39.9 Å². The molecular weight excluding hydrogens is 2400 g/mol. The Bertz CT molecular complexity index is 7770. The second-order valence-corrected chi connectivity index (χ2v) is 29.2. The maximum absolute atomic E-state index is 8.33. The molecule has 10 aromatic carbocycles. The monoisotopic (exact) mass is 2540 g/mol. The van der Waals surface area contributed by atoms with Gasteiger partial charge in [0.15, 0.2) is 0 Å². The number of benzene rings is 10. The molecule has 0 spiro atoms. The van der Waals surface area contributed by atoms with E-state index >= 15 is 0 Å². The molecule has 4 radical (unpaired) electrons. The van der Waals surface area contributed by atoms with Gasteiger partial charge in [0.1, 0.15) is 0 Å². The van der Waals surface area contributed by atoms with Crippen LogP contribution in [0.5, 0.6) is 0 Å². The summed E-state index contributed by atoms with van der Waals surface area (Å²) < 4.78 is 226. The van der Waals surface area contributed by atoms with Crippen molar-refractivity contribution in [2.45, 2.75) is 87.3 Å². The summed E-state index contributed by atoms with van der Waals surface area (Å²) in [5.41, 5.74) is 21.1. The fraction of sp³-hybridized carbons (Fsp3) is 0.113. The molecule has 0 saturated heterocycles. The normalized spacial score (nSPS) is 14.7. The first kappa shape index (κ1) is 71.7. The van der Waals surface area contributed by atoms with Gasteiger partial charge in [-0.1, -0.05) is 198 Å². The Labute approximate surface area is 912 Å². The first-order valence-electron chi connectivity index (χ1n) is 57.1. The SMILES string of the molecule is Cc1cccc(-c2ccc(-c3[c-]cccc3)nc2)c1.[2H]C([2H])([2H])C([2H])(C)C([2H])([2H])c1cccc(-c2ccc(-c3[c-]cccc3)nc2)c1.[2H]C([2H])([2H])C([2H])([2H])c1cccc(-c2ccc(-c3[c-]cccc3)nc2)n1.[2H]C([2H])([2H])C([2H])(c1cccc(-c2ccc(-c3[c-]cccc3)nc2)n1)C([2H])([2H])[2H].[2H]C([2H])([2H])c1ccc(-c2[c-]cccc2)nc1.[2H]C([2H])([2H])c1ccc(-c2[c-]cccc2)nc1.[2H]C([2H])([2H])c1ccc(-c2[c-]cccc2)nc1.[2H]C([2H])([2H])c1ccc(-c2[c-]cccc2)nc1.[Ir].[Ir].[Ir].[Ir]. The van der Waals surface area contributed by atoms with Crippen LogP contribution in [0.4, 0.5) is 0 Å². The molecule has 0 fully saturated rings. The van der Waals surface area contributed by atoms with Crippen molar-refractivity contribution >= 4 is 0 Å². The Morgan fingerprint density at radius 2 is 0.558 bits per heavy atom. The third-order valence-electron chi connectivity index (χ3n) is 19.3. The molecular formula is C124H106Ir4N10-8. The molecule has 0 N–H and O–H groups in total. The molecule has 0 saturated carbocycles. The van der Waals surface area contributed by atoms with Crippen LogP contribution in [0.25, 0.3) is 135 Å². The van der Waals surface area contributed by atoms with Gasteiger partial charge in [-0.3, -0.25) is 9.97 Å². The van der Waals surface area contributed by atoms with Crippen LogP contribution in [-0.2, 0) is 93.2 Å². The quantitative estimate of drug-likeness (QED) is 0.0862. The van der Waals surface area contributed by atoms with E-state index in [2.05, 4.69) is 136 Å². The van der Waals surface area contributed by atoms with E-state index in [0.29, 0.717) is 33.8 Å². The summed E-state index contributed by atoms with van der Waals surface area (Å²) in [6, 6.07) is 137. The summed E-state index contributed by atoms with van der Waals surface area (Å²) in [5.74, 6) is -5.12. The van der Waals surface area contributed by atoms with Gasteiger partial charge in [0, 0.05) is 194 Å². The number of pyridine rings is 10. The van der Waals surface area contributed by atoms with Gasteiger partial charge in [-0.15, -0.1) is 287 Å². The fourth-order valence-electron chi connectivity index (χ4n) is 12.7. The number of hydrogen-bond acceptors (Lipinski definition) is 10. The first-order valence-corrected chi connectivity index (χ1v) is 42.1. The molecule has 10 nitrogen and oxygen atoms in total. The van der Waals surface area contributed by atoms with Crippen molar-refractivity contribution in [1.29, 1.82) is 0 Å². The topological polar surface area (TPSA) is 129 Å². The maximum atomic E-state index is 8.33. The predicted octanol–water partition coefficient (Wildman–Crippen LogP) is 30.3. The van der Waals surface area contributed by atoms with Crippen molar-refractivity contribution in [1.82, 2.24) is 49.8 Å². The van der Waals surface area contributed by atoms with E-state index < -0.39 is 79.3 Å².